The molecule has 0 saturated heterocycles. The van der Waals surface area contributed by atoms with E-state index in [1.165, 1.54) is 44.6 Å². The van der Waals surface area contributed by atoms with Crippen LogP contribution in [0, 0.1) is 0 Å². The maximum Gasteiger partial charge on any atom is 0.387 e. The number of methoxy groups -OCH3 is 2. The first-order chi connectivity index (χ1) is 13.9. The van der Waals surface area contributed by atoms with Gasteiger partial charge in [-0.3, -0.25) is 4.79 Å². The molecule has 0 radical (unpaired) electrons. The number of carbonyl (C=O) groups excluding carboxylic acids is 2. The van der Waals surface area contributed by atoms with Crippen molar-refractivity contribution >= 4 is 23.6 Å². The van der Waals surface area contributed by atoms with E-state index in [4.69, 9.17) is 14.2 Å². The van der Waals surface area contributed by atoms with Crippen molar-refractivity contribution in [3.8, 4) is 17.2 Å². The molecule has 0 bridgehead atoms. The Morgan fingerprint density at radius 1 is 1.03 bits per heavy atom. The molecule has 0 spiro atoms. The highest BCUT2D eigenvalue weighted by molar-refractivity contribution is 5.95. The second-order valence-corrected chi connectivity index (χ2v) is 5.48. The van der Waals surface area contributed by atoms with Gasteiger partial charge in [0.1, 0.15) is 5.75 Å². The van der Waals surface area contributed by atoms with Gasteiger partial charge < -0.3 is 24.3 Å². The van der Waals surface area contributed by atoms with Crippen molar-refractivity contribution < 1.29 is 37.3 Å². The number of hydrogen-bond donors (Lipinski definition) is 1. The lowest BCUT2D eigenvalue weighted by molar-refractivity contribution is -0.142. The normalized spacial score (nSPS) is 10.7. The largest absolute Gasteiger partial charge is 0.493 e. The summed E-state index contributed by atoms with van der Waals surface area (Å²) in [6, 6.07) is 10.7. The molecule has 29 heavy (non-hydrogen) atoms. The minimum Gasteiger partial charge on any atom is -0.493 e. The fourth-order valence-electron chi connectivity index (χ4n) is 2.26. The Balaban J connectivity index is 1.89. The summed E-state index contributed by atoms with van der Waals surface area (Å²) >= 11 is 0. The molecule has 0 aliphatic carbocycles. The van der Waals surface area contributed by atoms with Crippen molar-refractivity contribution in [2.24, 2.45) is 0 Å². The summed E-state index contributed by atoms with van der Waals surface area (Å²) in [6.07, 6.45) is 2.62. The molecule has 0 fully saturated rings. The minimum atomic E-state index is -3.03. The SMILES string of the molecule is COc1ccc(C=CC(=O)OCC(=O)Nc2ccccc2OC(F)F)cc1OC. The maximum absolute atomic E-state index is 12.4. The van der Waals surface area contributed by atoms with Crippen LogP contribution in [0.1, 0.15) is 5.56 Å². The van der Waals surface area contributed by atoms with Gasteiger partial charge in [0.2, 0.25) is 0 Å². The van der Waals surface area contributed by atoms with Gasteiger partial charge in [0.25, 0.3) is 5.91 Å². The average Bonchev–Trinajstić information content (AvgIpc) is 2.71. The van der Waals surface area contributed by atoms with Crippen LogP contribution in [0.2, 0.25) is 0 Å². The van der Waals surface area contributed by atoms with Crippen molar-refractivity contribution in [1.29, 1.82) is 0 Å². The topological polar surface area (TPSA) is 83.1 Å². The van der Waals surface area contributed by atoms with E-state index in [0.717, 1.165) is 6.08 Å². The number of amides is 1. The summed E-state index contributed by atoms with van der Waals surface area (Å²) < 4.78 is 44.2. The summed E-state index contributed by atoms with van der Waals surface area (Å²) in [5.74, 6) is -0.627. The van der Waals surface area contributed by atoms with Gasteiger partial charge in [-0.15, -0.1) is 0 Å². The minimum absolute atomic E-state index is 0.0368. The van der Waals surface area contributed by atoms with E-state index in [1.54, 1.807) is 18.2 Å². The van der Waals surface area contributed by atoms with Crippen LogP contribution in [-0.2, 0) is 14.3 Å². The summed E-state index contributed by atoms with van der Waals surface area (Å²) in [5.41, 5.74) is 0.692. The lowest BCUT2D eigenvalue weighted by Gasteiger charge is -2.11. The van der Waals surface area contributed by atoms with Gasteiger partial charge in [-0.2, -0.15) is 8.78 Å². The Bertz CT molecular complexity index is 885. The van der Waals surface area contributed by atoms with E-state index in [9.17, 15) is 18.4 Å². The molecule has 1 amide bonds. The van der Waals surface area contributed by atoms with Crippen molar-refractivity contribution in [3.05, 3.63) is 54.1 Å². The molecule has 0 atom stereocenters. The average molecular weight is 407 g/mol. The summed E-state index contributed by atoms with van der Waals surface area (Å²) in [5, 5.41) is 2.34. The zero-order chi connectivity index (χ0) is 21.2. The molecule has 0 aliphatic rings. The molecular weight excluding hydrogens is 388 g/mol. The van der Waals surface area contributed by atoms with Gasteiger partial charge in [-0.05, 0) is 35.9 Å². The van der Waals surface area contributed by atoms with Crippen LogP contribution in [0.15, 0.2) is 48.5 Å². The molecule has 0 saturated carbocycles. The molecule has 9 heteroatoms. The van der Waals surface area contributed by atoms with E-state index in [0.29, 0.717) is 17.1 Å². The number of rotatable bonds is 9. The highest BCUT2D eigenvalue weighted by Gasteiger charge is 2.12. The fourth-order valence-corrected chi connectivity index (χ4v) is 2.26. The summed E-state index contributed by atoms with van der Waals surface area (Å²) in [4.78, 5) is 23.7. The molecule has 0 aliphatic heterocycles. The highest BCUT2D eigenvalue weighted by Crippen LogP contribution is 2.28. The van der Waals surface area contributed by atoms with Gasteiger partial charge >= 0.3 is 12.6 Å². The first-order valence-corrected chi connectivity index (χ1v) is 8.33. The standard InChI is InChI=1S/C20H19F2NO6/c1-26-16-9-7-13(11-17(16)27-2)8-10-19(25)28-12-18(24)23-14-5-3-4-6-15(14)29-20(21)22/h3-11,20H,12H2,1-2H3,(H,23,24). The Kier molecular flexibility index (Phi) is 7.96. The van der Waals surface area contributed by atoms with Crippen LogP contribution >= 0.6 is 0 Å². The first kappa shape index (κ1) is 21.7. The van der Waals surface area contributed by atoms with E-state index >= 15 is 0 Å². The van der Waals surface area contributed by atoms with Gasteiger partial charge in [-0.25, -0.2) is 4.79 Å². The molecular formula is C20H19F2NO6. The highest BCUT2D eigenvalue weighted by atomic mass is 19.3. The van der Waals surface area contributed by atoms with Crippen LogP contribution in [-0.4, -0.2) is 39.3 Å². The third-order valence-corrected chi connectivity index (χ3v) is 3.54. The third kappa shape index (κ3) is 6.80. The van der Waals surface area contributed by atoms with Gasteiger partial charge in [-0.1, -0.05) is 18.2 Å². The number of anilines is 1. The van der Waals surface area contributed by atoms with Crippen molar-refractivity contribution in [1.82, 2.24) is 0 Å². The van der Waals surface area contributed by atoms with E-state index < -0.39 is 25.1 Å². The predicted molar refractivity (Wildman–Crippen MR) is 101 cm³/mol. The van der Waals surface area contributed by atoms with Crippen molar-refractivity contribution in [2.75, 3.05) is 26.1 Å². The van der Waals surface area contributed by atoms with Gasteiger partial charge in [0, 0.05) is 6.08 Å². The molecule has 0 unspecified atom stereocenters. The van der Waals surface area contributed by atoms with Crippen LogP contribution < -0.4 is 19.5 Å². The lowest BCUT2D eigenvalue weighted by Crippen LogP contribution is -2.20. The zero-order valence-electron chi connectivity index (χ0n) is 15.7. The van der Waals surface area contributed by atoms with Crippen molar-refractivity contribution in [3.63, 3.8) is 0 Å². The Morgan fingerprint density at radius 2 is 1.76 bits per heavy atom. The summed E-state index contributed by atoms with van der Waals surface area (Å²) in [6.45, 7) is -3.63. The van der Waals surface area contributed by atoms with E-state index in [2.05, 4.69) is 10.1 Å². The molecule has 2 aromatic carbocycles. The predicted octanol–water partition coefficient (Wildman–Crippen LogP) is 3.50. The molecule has 2 aromatic rings. The second kappa shape index (κ2) is 10.6. The number of alkyl halides is 2. The van der Waals surface area contributed by atoms with Crippen LogP contribution in [0.5, 0.6) is 17.2 Å². The smallest absolute Gasteiger partial charge is 0.387 e. The number of esters is 1. The molecule has 7 nitrogen and oxygen atoms in total. The molecule has 0 aromatic heterocycles. The Morgan fingerprint density at radius 3 is 2.45 bits per heavy atom. The third-order valence-electron chi connectivity index (χ3n) is 3.54. The van der Waals surface area contributed by atoms with Gasteiger partial charge in [0.05, 0.1) is 19.9 Å². The van der Waals surface area contributed by atoms with Crippen LogP contribution in [0.3, 0.4) is 0 Å². The van der Waals surface area contributed by atoms with Crippen molar-refractivity contribution in [2.45, 2.75) is 6.61 Å². The summed E-state index contributed by atoms with van der Waals surface area (Å²) in [7, 11) is 3.00. The first-order valence-electron chi connectivity index (χ1n) is 8.33. The number of carbonyl (C=O) groups is 2. The molecule has 0 heterocycles. The quantitative estimate of drug-likeness (QED) is 0.506. The van der Waals surface area contributed by atoms with Gasteiger partial charge in [0.15, 0.2) is 18.1 Å². The second-order valence-electron chi connectivity index (χ2n) is 5.48. The Labute approximate surface area is 165 Å². The fraction of sp³-hybridized carbons (Fsp3) is 0.200. The lowest BCUT2D eigenvalue weighted by atomic mass is 10.2. The number of hydrogen-bond acceptors (Lipinski definition) is 6. The van der Waals surface area contributed by atoms with Crippen LogP contribution in [0.4, 0.5) is 14.5 Å². The maximum atomic E-state index is 12.4. The monoisotopic (exact) mass is 407 g/mol. The number of benzene rings is 2. The number of nitrogens with one attached hydrogen (secondary N) is 1. The molecule has 154 valence electrons. The molecule has 2 rings (SSSR count). The van der Waals surface area contributed by atoms with E-state index in [1.807, 2.05) is 0 Å². The number of ether oxygens (including phenoxy) is 4. The number of para-hydroxylation sites is 2. The van der Waals surface area contributed by atoms with Crippen LogP contribution in [0.25, 0.3) is 6.08 Å². The zero-order valence-corrected chi connectivity index (χ0v) is 15.7. The Hall–Kier alpha value is -3.62. The molecule has 1 N–H and O–H groups in total. The number of halogens is 2. The van der Waals surface area contributed by atoms with E-state index in [-0.39, 0.29) is 11.4 Å².